The Morgan fingerprint density at radius 3 is 1.85 bits per heavy atom. The van der Waals surface area contributed by atoms with Crippen LogP contribution < -0.4 is 15.9 Å². The van der Waals surface area contributed by atoms with Crippen LogP contribution in [0.25, 0.3) is 0 Å². The molecule has 1 aromatic heterocycles. The molecule has 176 valence electrons. The van der Waals surface area contributed by atoms with E-state index < -0.39 is 7.92 Å². The number of aliphatic imine (C=N–C) groups is 1. The summed E-state index contributed by atoms with van der Waals surface area (Å²) in [7, 11) is -0.617. The van der Waals surface area contributed by atoms with Crippen LogP contribution in [0.15, 0.2) is 139 Å². The maximum absolute atomic E-state index is 4.79. The molecule has 0 saturated carbocycles. The van der Waals surface area contributed by atoms with E-state index in [0.29, 0.717) is 0 Å². The van der Waals surface area contributed by atoms with Crippen molar-refractivity contribution in [2.45, 2.75) is 13.0 Å². The van der Waals surface area contributed by atoms with Crippen molar-refractivity contribution in [1.82, 2.24) is 4.98 Å². The van der Waals surface area contributed by atoms with Crippen molar-refractivity contribution in [3.63, 3.8) is 0 Å². The smallest absolute Gasteiger partial charge is 0.0807 e. The fourth-order valence-electron chi connectivity index (χ4n) is 3.60. The Morgan fingerprint density at radius 1 is 0.765 bits per heavy atom. The third-order valence-electron chi connectivity index (χ3n) is 5.22. The van der Waals surface area contributed by atoms with Gasteiger partial charge in [-0.3, -0.25) is 9.98 Å². The van der Waals surface area contributed by atoms with Crippen LogP contribution in [0.2, 0.25) is 0 Å². The Morgan fingerprint density at radius 2 is 1.32 bits per heavy atom. The van der Waals surface area contributed by atoms with Gasteiger partial charge in [0.25, 0.3) is 0 Å². The van der Waals surface area contributed by atoms with E-state index in [-0.39, 0.29) is 23.1 Å². The van der Waals surface area contributed by atoms with Crippen LogP contribution in [0.3, 0.4) is 0 Å². The van der Waals surface area contributed by atoms with Crippen molar-refractivity contribution in [2.24, 2.45) is 4.99 Å². The van der Waals surface area contributed by atoms with E-state index in [1.165, 1.54) is 21.5 Å². The van der Waals surface area contributed by atoms with Crippen LogP contribution in [0.5, 0.6) is 0 Å². The first kappa shape index (κ1) is 25.5. The number of hydrogen-bond acceptors (Lipinski definition) is 2. The molecule has 34 heavy (non-hydrogen) atoms. The molecule has 1 unspecified atom stereocenters. The fraction of sp³-hybridized carbons (Fsp3) is 0.0667. The summed E-state index contributed by atoms with van der Waals surface area (Å²) in [4.78, 5) is 9.13. The van der Waals surface area contributed by atoms with Gasteiger partial charge in [-0.15, -0.1) is 10.9 Å². The molecule has 1 heterocycles. The molecule has 0 aliphatic rings. The van der Waals surface area contributed by atoms with Crippen molar-refractivity contribution in [1.29, 1.82) is 0 Å². The van der Waals surface area contributed by atoms with Gasteiger partial charge in [0, 0.05) is 35.5 Å². The molecular formula is C30H27FeN2P-6. The molecule has 0 radical (unpaired) electrons. The molecule has 5 aromatic rings. The summed E-state index contributed by atoms with van der Waals surface area (Å²) in [6.07, 6.45) is 3.67. The first-order valence-electron chi connectivity index (χ1n) is 11.1. The number of hydrogen-bond donors (Lipinski definition) is 0. The quantitative estimate of drug-likeness (QED) is 0.119. The zero-order chi connectivity index (χ0) is 22.7. The molecule has 4 aromatic carbocycles. The van der Waals surface area contributed by atoms with Crippen LogP contribution in [-0.4, -0.2) is 11.2 Å². The third kappa shape index (κ3) is 6.95. The SMILES string of the molecule is CC(N=Cc1ccccn1)[c-]1cccc1P(c1ccccc1)c1ccccc1.[Fe].[cH-]1[cH-][cH-][cH-][cH-]1. The number of pyridine rings is 1. The standard InChI is InChI=1S/C25H22N2P.C5H5.Fe/c1-20(27-19-21-11-8-9-18-26-21)24-16-10-17-25(24)28(22-12-4-2-5-13-22)23-14-6-3-7-15-23;1-2-4-5-3-1;/h2-20H,1H3;1-5H;/q-1;-5;. The van der Waals surface area contributed by atoms with Crippen LogP contribution in [0, 0.1) is 0 Å². The molecule has 2 nitrogen and oxygen atoms in total. The second kappa shape index (κ2) is 13.6. The average Bonchev–Trinajstić information content (AvgIpc) is 3.61. The molecule has 0 saturated heterocycles. The van der Waals surface area contributed by atoms with Gasteiger partial charge in [-0.1, -0.05) is 66.7 Å². The molecule has 0 bridgehead atoms. The van der Waals surface area contributed by atoms with Gasteiger partial charge in [-0.2, -0.15) is 6.07 Å². The molecule has 0 amide bonds. The largest absolute Gasteiger partial charge is 0.748 e. The van der Waals surface area contributed by atoms with Gasteiger partial charge in [0.15, 0.2) is 0 Å². The molecule has 0 spiro atoms. The first-order valence-corrected chi connectivity index (χ1v) is 12.4. The van der Waals surface area contributed by atoms with Crippen molar-refractivity contribution >= 4 is 30.0 Å². The van der Waals surface area contributed by atoms with Gasteiger partial charge in [0.2, 0.25) is 0 Å². The Hall–Kier alpha value is -3.09. The number of aromatic nitrogens is 1. The Balaban J connectivity index is 0.000000481. The van der Waals surface area contributed by atoms with Crippen molar-refractivity contribution in [3.8, 4) is 0 Å². The Kier molecular flexibility index (Phi) is 10.2. The topological polar surface area (TPSA) is 25.2 Å². The predicted octanol–water partition coefficient (Wildman–Crippen LogP) is 6.14. The van der Waals surface area contributed by atoms with Crippen LogP contribution >= 0.6 is 7.92 Å². The summed E-state index contributed by atoms with van der Waals surface area (Å²) in [5.41, 5.74) is 2.17. The van der Waals surface area contributed by atoms with Crippen molar-refractivity contribution in [3.05, 3.63) is 145 Å². The van der Waals surface area contributed by atoms with Gasteiger partial charge in [-0.05, 0) is 37.6 Å². The van der Waals surface area contributed by atoms with E-state index in [9.17, 15) is 0 Å². The monoisotopic (exact) mass is 502 g/mol. The number of rotatable bonds is 6. The second-order valence-electron chi connectivity index (χ2n) is 7.54. The number of nitrogens with zero attached hydrogens (tertiary/aromatic N) is 2. The van der Waals surface area contributed by atoms with Gasteiger partial charge in [0.05, 0.1) is 5.69 Å². The van der Waals surface area contributed by atoms with Gasteiger partial charge in [0.1, 0.15) is 0 Å². The molecule has 0 aliphatic heterocycles. The Labute approximate surface area is 214 Å². The maximum Gasteiger partial charge on any atom is 0.0807 e. The van der Waals surface area contributed by atoms with E-state index in [4.69, 9.17) is 4.99 Å². The third-order valence-corrected chi connectivity index (χ3v) is 7.74. The number of benzene rings is 2. The zero-order valence-electron chi connectivity index (χ0n) is 19.1. The summed E-state index contributed by atoms with van der Waals surface area (Å²) < 4.78 is 0. The van der Waals surface area contributed by atoms with E-state index >= 15 is 0 Å². The van der Waals surface area contributed by atoms with Crippen LogP contribution in [0.4, 0.5) is 0 Å². The normalized spacial score (nSPS) is 11.5. The summed E-state index contributed by atoms with van der Waals surface area (Å²) >= 11 is 0. The van der Waals surface area contributed by atoms with E-state index in [0.717, 1.165) is 5.69 Å². The van der Waals surface area contributed by atoms with Crippen LogP contribution in [0.1, 0.15) is 24.2 Å². The zero-order valence-corrected chi connectivity index (χ0v) is 21.1. The van der Waals surface area contributed by atoms with E-state index in [1.807, 2.05) is 54.7 Å². The molecule has 5 rings (SSSR count). The van der Waals surface area contributed by atoms with Gasteiger partial charge in [-0.25, -0.2) is 12.1 Å². The fourth-order valence-corrected chi connectivity index (χ4v) is 6.15. The summed E-state index contributed by atoms with van der Waals surface area (Å²) in [6.45, 7) is 2.15. The molecular weight excluding hydrogens is 475 g/mol. The maximum atomic E-state index is 4.79. The Bertz CT molecular complexity index is 1160. The van der Waals surface area contributed by atoms with E-state index in [1.54, 1.807) is 6.20 Å². The van der Waals surface area contributed by atoms with Crippen LogP contribution in [-0.2, 0) is 17.1 Å². The summed E-state index contributed by atoms with van der Waals surface area (Å²) in [6, 6.07) is 44.1. The molecule has 0 fully saturated rings. The van der Waals surface area contributed by atoms with Gasteiger partial charge >= 0.3 is 0 Å². The summed E-state index contributed by atoms with van der Waals surface area (Å²) in [5, 5.41) is 4.09. The minimum Gasteiger partial charge on any atom is -0.748 e. The molecule has 1 atom stereocenters. The molecule has 4 heteroatoms. The van der Waals surface area contributed by atoms with Crippen molar-refractivity contribution in [2.75, 3.05) is 0 Å². The minimum absolute atomic E-state index is 0. The summed E-state index contributed by atoms with van der Waals surface area (Å²) in [5.74, 6) is 0. The van der Waals surface area contributed by atoms with Gasteiger partial charge < -0.3 is 30.3 Å². The first-order chi connectivity index (χ1) is 16.3. The second-order valence-corrected chi connectivity index (χ2v) is 9.73. The van der Waals surface area contributed by atoms with E-state index in [2.05, 4.69) is 90.8 Å². The molecule has 0 aliphatic carbocycles. The average molecular weight is 502 g/mol. The molecule has 0 N–H and O–H groups in total. The minimum atomic E-state index is -0.617. The predicted molar refractivity (Wildman–Crippen MR) is 143 cm³/mol. The van der Waals surface area contributed by atoms with Crippen molar-refractivity contribution < 1.29 is 17.1 Å².